The van der Waals surface area contributed by atoms with Gasteiger partial charge in [0.15, 0.2) is 0 Å². The number of halogens is 1. The van der Waals surface area contributed by atoms with E-state index in [0.717, 1.165) is 35.7 Å². The zero-order valence-corrected chi connectivity index (χ0v) is 11.3. The topological polar surface area (TPSA) is 55.1 Å². The molecule has 0 spiro atoms. The van der Waals surface area contributed by atoms with E-state index in [9.17, 15) is 4.79 Å². The van der Waals surface area contributed by atoms with E-state index < -0.39 is 6.03 Å². The Morgan fingerprint density at radius 2 is 1.76 bits per heavy atom. The molecule has 0 unspecified atom stereocenters. The van der Waals surface area contributed by atoms with Crippen LogP contribution in [0.2, 0.25) is 0 Å². The Hall–Kier alpha value is -1.03. The summed E-state index contributed by atoms with van der Waals surface area (Å²) in [6, 6.07) is 7.70. The van der Waals surface area contributed by atoms with Crippen LogP contribution in [0.1, 0.15) is 37.7 Å². The first-order valence-electron chi connectivity index (χ1n) is 5.96. The van der Waals surface area contributed by atoms with Crippen LogP contribution in [0.4, 0.5) is 4.79 Å². The average molecular weight is 297 g/mol. The Morgan fingerprint density at radius 1 is 1.18 bits per heavy atom. The second-order valence-electron chi connectivity index (χ2n) is 4.64. The fraction of sp³-hybridized carbons (Fsp3) is 0.462. The highest BCUT2D eigenvalue weighted by molar-refractivity contribution is 9.10. The monoisotopic (exact) mass is 296 g/mol. The third-order valence-electron chi connectivity index (χ3n) is 3.47. The zero-order chi connectivity index (χ0) is 12.3. The molecule has 0 aliphatic heterocycles. The summed E-state index contributed by atoms with van der Waals surface area (Å²) >= 11 is 3.43. The first-order chi connectivity index (χ1) is 8.12. The summed E-state index contributed by atoms with van der Waals surface area (Å²) in [7, 11) is 0. The molecule has 0 bridgehead atoms. The van der Waals surface area contributed by atoms with Crippen molar-refractivity contribution in [1.29, 1.82) is 0 Å². The van der Waals surface area contributed by atoms with Gasteiger partial charge in [-0.3, -0.25) is 0 Å². The van der Waals surface area contributed by atoms with Crippen LogP contribution in [-0.2, 0) is 5.54 Å². The lowest BCUT2D eigenvalue weighted by Crippen LogP contribution is -2.49. The van der Waals surface area contributed by atoms with Crippen molar-refractivity contribution >= 4 is 22.0 Å². The van der Waals surface area contributed by atoms with Crippen molar-refractivity contribution in [3.05, 3.63) is 34.3 Å². The maximum Gasteiger partial charge on any atom is 0.312 e. The largest absolute Gasteiger partial charge is 0.352 e. The van der Waals surface area contributed by atoms with Crippen molar-refractivity contribution in [3.63, 3.8) is 0 Å². The van der Waals surface area contributed by atoms with Gasteiger partial charge < -0.3 is 11.1 Å². The quantitative estimate of drug-likeness (QED) is 0.864. The second-order valence-corrected chi connectivity index (χ2v) is 5.55. The number of nitrogens with two attached hydrogens (primary N) is 1. The highest BCUT2D eigenvalue weighted by Gasteiger charge is 2.34. The summed E-state index contributed by atoms with van der Waals surface area (Å²) in [5.41, 5.74) is 6.21. The molecule has 3 N–H and O–H groups in total. The standard InChI is InChI=1S/C13H17BrN2O/c14-11-6-4-10(5-7-11)13(16-12(15)17)8-2-1-3-9-13/h4-7H,1-3,8-9H2,(H3,15,16,17). The summed E-state index contributed by atoms with van der Waals surface area (Å²) in [6.07, 6.45) is 5.44. The minimum absolute atomic E-state index is 0.259. The molecule has 0 saturated heterocycles. The first kappa shape index (κ1) is 12.4. The van der Waals surface area contributed by atoms with Crippen molar-refractivity contribution in [1.82, 2.24) is 5.32 Å². The Balaban J connectivity index is 2.31. The number of rotatable bonds is 2. The van der Waals surface area contributed by atoms with Crippen molar-refractivity contribution in [3.8, 4) is 0 Å². The lowest BCUT2D eigenvalue weighted by Gasteiger charge is -2.38. The summed E-state index contributed by atoms with van der Waals surface area (Å²) < 4.78 is 1.05. The zero-order valence-electron chi connectivity index (χ0n) is 9.71. The molecule has 0 atom stereocenters. The van der Waals surface area contributed by atoms with Crippen LogP contribution in [0.15, 0.2) is 28.7 Å². The molecule has 0 aromatic heterocycles. The molecule has 1 aromatic rings. The lowest BCUT2D eigenvalue weighted by atomic mass is 9.76. The Morgan fingerprint density at radius 3 is 2.29 bits per heavy atom. The molecular formula is C13H17BrN2O. The molecule has 3 nitrogen and oxygen atoms in total. The number of hydrogen-bond acceptors (Lipinski definition) is 1. The van der Waals surface area contributed by atoms with Gasteiger partial charge in [0.25, 0.3) is 0 Å². The van der Waals surface area contributed by atoms with E-state index >= 15 is 0 Å². The highest BCUT2D eigenvalue weighted by Crippen LogP contribution is 2.37. The Labute approximate surface area is 110 Å². The normalized spacial score (nSPS) is 18.6. The average Bonchev–Trinajstić information content (AvgIpc) is 2.30. The maximum absolute atomic E-state index is 11.2. The van der Waals surface area contributed by atoms with Gasteiger partial charge in [0.2, 0.25) is 0 Å². The van der Waals surface area contributed by atoms with Gasteiger partial charge in [0.05, 0.1) is 5.54 Å². The minimum atomic E-state index is -0.435. The third-order valence-corrected chi connectivity index (χ3v) is 4.00. The van der Waals surface area contributed by atoms with Crippen molar-refractivity contribution in [2.75, 3.05) is 0 Å². The highest BCUT2D eigenvalue weighted by atomic mass is 79.9. The number of hydrogen-bond donors (Lipinski definition) is 2. The number of carbonyl (C=O) groups is 1. The van der Waals surface area contributed by atoms with Crippen LogP contribution in [0, 0.1) is 0 Å². The van der Waals surface area contributed by atoms with E-state index in [0.29, 0.717) is 0 Å². The van der Waals surface area contributed by atoms with E-state index in [-0.39, 0.29) is 5.54 Å². The number of carbonyl (C=O) groups excluding carboxylic acids is 1. The molecule has 1 aromatic carbocycles. The molecule has 2 rings (SSSR count). The van der Waals surface area contributed by atoms with Crippen LogP contribution in [-0.4, -0.2) is 6.03 Å². The SMILES string of the molecule is NC(=O)NC1(c2ccc(Br)cc2)CCCCC1. The summed E-state index contributed by atoms with van der Waals surface area (Å²) in [5.74, 6) is 0. The van der Waals surface area contributed by atoms with Gasteiger partial charge in [-0.05, 0) is 30.5 Å². The summed E-state index contributed by atoms with van der Waals surface area (Å²) in [5, 5.41) is 2.95. The van der Waals surface area contributed by atoms with Crippen LogP contribution >= 0.6 is 15.9 Å². The smallest absolute Gasteiger partial charge is 0.312 e. The Kier molecular flexibility index (Phi) is 3.72. The van der Waals surface area contributed by atoms with Crippen molar-refractivity contribution < 1.29 is 4.79 Å². The van der Waals surface area contributed by atoms with E-state index in [1.54, 1.807) is 0 Å². The molecule has 17 heavy (non-hydrogen) atoms. The maximum atomic E-state index is 11.2. The predicted octanol–water partition coefficient (Wildman–Crippen LogP) is 3.28. The number of primary amides is 1. The second kappa shape index (κ2) is 5.08. The minimum Gasteiger partial charge on any atom is -0.352 e. The van der Waals surface area contributed by atoms with Gasteiger partial charge in [0.1, 0.15) is 0 Å². The van der Waals surface area contributed by atoms with Gasteiger partial charge in [-0.1, -0.05) is 47.3 Å². The lowest BCUT2D eigenvalue weighted by molar-refractivity contribution is 0.209. The third kappa shape index (κ3) is 2.80. The van der Waals surface area contributed by atoms with Crippen molar-refractivity contribution in [2.24, 2.45) is 5.73 Å². The van der Waals surface area contributed by atoms with Gasteiger partial charge in [-0.2, -0.15) is 0 Å². The number of nitrogens with one attached hydrogen (secondary N) is 1. The number of amides is 2. The van der Waals surface area contributed by atoms with Crippen LogP contribution in [0.3, 0.4) is 0 Å². The molecule has 92 valence electrons. The molecular weight excluding hydrogens is 280 g/mol. The molecule has 0 radical (unpaired) electrons. The van der Waals surface area contributed by atoms with Crippen LogP contribution < -0.4 is 11.1 Å². The van der Waals surface area contributed by atoms with E-state index in [1.807, 2.05) is 12.1 Å². The molecule has 1 aliphatic carbocycles. The van der Waals surface area contributed by atoms with Gasteiger partial charge >= 0.3 is 6.03 Å². The summed E-state index contributed by atoms with van der Waals surface area (Å²) in [4.78, 5) is 11.2. The van der Waals surface area contributed by atoms with Gasteiger partial charge in [0, 0.05) is 4.47 Å². The molecule has 2 amide bonds. The van der Waals surface area contributed by atoms with Crippen molar-refractivity contribution in [2.45, 2.75) is 37.6 Å². The fourth-order valence-corrected chi connectivity index (χ4v) is 2.91. The van der Waals surface area contributed by atoms with E-state index in [1.165, 1.54) is 6.42 Å². The Bertz CT molecular complexity index is 396. The van der Waals surface area contributed by atoms with Gasteiger partial charge in [-0.15, -0.1) is 0 Å². The van der Waals surface area contributed by atoms with E-state index in [2.05, 4.69) is 33.4 Å². The number of benzene rings is 1. The van der Waals surface area contributed by atoms with E-state index in [4.69, 9.17) is 5.73 Å². The molecule has 1 aliphatic rings. The first-order valence-corrected chi connectivity index (χ1v) is 6.75. The number of urea groups is 1. The predicted molar refractivity (Wildman–Crippen MR) is 71.6 cm³/mol. The van der Waals surface area contributed by atoms with Gasteiger partial charge in [-0.25, -0.2) is 4.79 Å². The molecule has 0 heterocycles. The van der Waals surface area contributed by atoms with Crippen LogP contribution in [0.5, 0.6) is 0 Å². The summed E-state index contributed by atoms with van der Waals surface area (Å²) in [6.45, 7) is 0. The molecule has 1 fully saturated rings. The fourth-order valence-electron chi connectivity index (χ4n) is 2.65. The molecule has 4 heteroatoms. The van der Waals surface area contributed by atoms with Crippen LogP contribution in [0.25, 0.3) is 0 Å². The molecule has 1 saturated carbocycles.